The Morgan fingerprint density at radius 2 is 2.19 bits per heavy atom. The van der Waals surface area contributed by atoms with E-state index in [0.717, 1.165) is 16.8 Å². The Kier molecular flexibility index (Phi) is 3.22. The summed E-state index contributed by atoms with van der Waals surface area (Å²) in [6.45, 7) is 0.529. The molecule has 0 bridgehead atoms. The van der Waals surface area contributed by atoms with E-state index in [4.69, 9.17) is 9.84 Å². The third-order valence-electron chi connectivity index (χ3n) is 3.65. The van der Waals surface area contributed by atoms with Crippen LogP contribution in [0.2, 0.25) is 0 Å². The van der Waals surface area contributed by atoms with Crippen molar-refractivity contribution in [1.29, 1.82) is 0 Å². The van der Waals surface area contributed by atoms with Gasteiger partial charge in [0.15, 0.2) is 0 Å². The molecule has 2 aliphatic rings. The number of rotatable bonds is 3. The van der Waals surface area contributed by atoms with Crippen molar-refractivity contribution in [3.05, 3.63) is 29.3 Å². The number of carbonyl (C=O) groups is 2. The maximum Gasteiger partial charge on any atom is 0.335 e. The van der Waals surface area contributed by atoms with Gasteiger partial charge < -0.3 is 9.84 Å². The Morgan fingerprint density at radius 3 is 2.81 bits per heavy atom. The highest BCUT2D eigenvalue weighted by Crippen LogP contribution is 2.32. The minimum Gasteiger partial charge on any atom is -0.478 e. The predicted octanol–water partition coefficient (Wildman–Crippen LogP) is 0.708. The van der Waals surface area contributed by atoms with Gasteiger partial charge in [0.1, 0.15) is 4.90 Å². The van der Waals surface area contributed by atoms with Crippen molar-refractivity contribution in [3.63, 3.8) is 0 Å². The summed E-state index contributed by atoms with van der Waals surface area (Å²) in [6.07, 6.45) is 1.25. The first-order chi connectivity index (χ1) is 9.91. The summed E-state index contributed by atoms with van der Waals surface area (Å²) in [6, 6.07) is 3.50. The molecule has 7 nitrogen and oxygen atoms in total. The van der Waals surface area contributed by atoms with E-state index in [1.54, 1.807) is 0 Å². The minimum absolute atomic E-state index is 0.0120. The number of aromatic carboxylic acids is 1. The number of carboxylic acid groups (broad SMARTS) is 1. The molecule has 1 saturated heterocycles. The number of hydrogen-bond acceptors (Lipinski definition) is 5. The quantitative estimate of drug-likeness (QED) is 0.882. The Labute approximate surface area is 121 Å². The molecule has 2 aliphatic heterocycles. The molecule has 21 heavy (non-hydrogen) atoms. The number of carboxylic acids is 1. The van der Waals surface area contributed by atoms with Crippen molar-refractivity contribution in [2.45, 2.75) is 23.8 Å². The van der Waals surface area contributed by atoms with Crippen LogP contribution >= 0.6 is 0 Å². The van der Waals surface area contributed by atoms with Crippen molar-refractivity contribution in [3.8, 4) is 0 Å². The SMILES string of the molecule is O=C(O)c1ccc2c(c1)S(=O)(=O)N(CC1CCCO1)C2=O. The van der Waals surface area contributed by atoms with Crippen LogP contribution in [-0.4, -0.2) is 49.0 Å². The number of amides is 1. The zero-order valence-electron chi connectivity index (χ0n) is 11.0. The van der Waals surface area contributed by atoms with Gasteiger partial charge in [-0.05, 0) is 31.0 Å². The molecule has 2 heterocycles. The van der Waals surface area contributed by atoms with Crippen LogP contribution in [0.3, 0.4) is 0 Å². The van der Waals surface area contributed by atoms with E-state index < -0.39 is 21.9 Å². The van der Waals surface area contributed by atoms with Gasteiger partial charge in [0, 0.05) is 6.61 Å². The topological polar surface area (TPSA) is 101 Å². The van der Waals surface area contributed by atoms with Gasteiger partial charge in [-0.2, -0.15) is 0 Å². The standard InChI is InChI=1S/C13H13NO6S/c15-12-10-4-3-8(13(16)17)6-11(10)21(18,19)14(12)7-9-2-1-5-20-9/h3-4,6,9H,1-2,5,7H2,(H,16,17). The highest BCUT2D eigenvalue weighted by atomic mass is 32.2. The molecule has 1 unspecified atom stereocenters. The molecule has 3 rings (SSSR count). The van der Waals surface area contributed by atoms with Crippen LogP contribution in [0.25, 0.3) is 0 Å². The molecule has 112 valence electrons. The maximum atomic E-state index is 12.4. The first kappa shape index (κ1) is 14.0. The third kappa shape index (κ3) is 2.20. The van der Waals surface area contributed by atoms with Crippen LogP contribution in [0.4, 0.5) is 0 Å². The predicted molar refractivity (Wildman–Crippen MR) is 70.6 cm³/mol. The first-order valence-electron chi connectivity index (χ1n) is 6.47. The second kappa shape index (κ2) is 4.81. The molecule has 1 atom stereocenters. The summed E-state index contributed by atoms with van der Waals surface area (Å²) >= 11 is 0. The van der Waals surface area contributed by atoms with Gasteiger partial charge in [-0.3, -0.25) is 4.79 Å². The van der Waals surface area contributed by atoms with Crippen molar-refractivity contribution in [2.75, 3.05) is 13.2 Å². The number of hydrogen-bond donors (Lipinski definition) is 1. The van der Waals surface area contributed by atoms with Gasteiger partial charge in [0.05, 0.1) is 23.8 Å². The largest absolute Gasteiger partial charge is 0.478 e. The van der Waals surface area contributed by atoms with Gasteiger partial charge in [0.2, 0.25) is 0 Å². The molecule has 0 aliphatic carbocycles. The van der Waals surface area contributed by atoms with Crippen LogP contribution in [0, 0.1) is 0 Å². The van der Waals surface area contributed by atoms with Crippen molar-refractivity contribution in [2.24, 2.45) is 0 Å². The summed E-state index contributed by atoms with van der Waals surface area (Å²) in [5.74, 6) is -1.87. The zero-order valence-corrected chi connectivity index (χ0v) is 11.8. The summed E-state index contributed by atoms with van der Waals surface area (Å²) in [5, 5.41) is 8.93. The Hall–Kier alpha value is -1.93. The molecular formula is C13H13NO6S. The molecule has 1 aromatic carbocycles. The fraction of sp³-hybridized carbons (Fsp3) is 0.385. The Morgan fingerprint density at radius 1 is 1.43 bits per heavy atom. The van der Waals surface area contributed by atoms with E-state index in [1.807, 2.05) is 0 Å². The average molecular weight is 311 g/mol. The van der Waals surface area contributed by atoms with Crippen LogP contribution in [0.15, 0.2) is 23.1 Å². The van der Waals surface area contributed by atoms with Crippen LogP contribution in [-0.2, 0) is 14.8 Å². The summed E-state index contributed by atoms with van der Waals surface area (Å²) in [5.41, 5.74) is -0.151. The molecule has 0 radical (unpaired) electrons. The molecule has 0 saturated carbocycles. The lowest BCUT2D eigenvalue weighted by Gasteiger charge is -2.18. The molecule has 1 amide bonds. The van der Waals surface area contributed by atoms with Crippen LogP contribution in [0.1, 0.15) is 33.6 Å². The molecule has 0 aromatic heterocycles. The lowest BCUT2D eigenvalue weighted by atomic mass is 10.1. The summed E-state index contributed by atoms with van der Waals surface area (Å²) in [4.78, 5) is 22.9. The molecule has 1 aromatic rings. The zero-order chi connectivity index (χ0) is 15.2. The van der Waals surface area contributed by atoms with Crippen LogP contribution in [0.5, 0.6) is 0 Å². The second-order valence-electron chi connectivity index (χ2n) is 4.99. The molecule has 1 fully saturated rings. The third-order valence-corrected chi connectivity index (χ3v) is 5.44. The van der Waals surface area contributed by atoms with Gasteiger partial charge in [-0.1, -0.05) is 0 Å². The highest BCUT2D eigenvalue weighted by Gasteiger charge is 2.42. The van der Waals surface area contributed by atoms with E-state index in [2.05, 4.69) is 0 Å². The van der Waals surface area contributed by atoms with Gasteiger partial charge in [-0.25, -0.2) is 17.5 Å². The highest BCUT2D eigenvalue weighted by molar-refractivity contribution is 7.90. The lowest BCUT2D eigenvalue weighted by molar-refractivity contribution is 0.0692. The normalized spacial score (nSPS) is 23.3. The van der Waals surface area contributed by atoms with Gasteiger partial charge in [-0.15, -0.1) is 0 Å². The summed E-state index contributed by atoms with van der Waals surface area (Å²) in [7, 11) is -4.00. The van der Waals surface area contributed by atoms with Crippen molar-refractivity contribution in [1.82, 2.24) is 4.31 Å². The monoisotopic (exact) mass is 311 g/mol. The number of fused-ring (bicyclic) bond motifs is 1. The molecule has 8 heteroatoms. The Balaban J connectivity index is 1.99. The fourth-order valence-corrected chi connectivity index (χ4v) is 4.19. The second-order valence-corrected chi connectivity index (χ2v) is 6.82. The number of nitrogens with zero attached hydrogens (tertiary/aromatic N) is 1. The number of benzene rings is 1. The average Bonchev–Trinajstić information content (AvgIpc) is 3.01. The maximum absolute atomic E-state index is 12.4. The van der Waals surface area contributed by atoms with E-state index in [1.165, 1.54) is 12.1 Å². The molecular weight excluding hydrogens is 298 g/mol. The number of sulfonamides is 1. The van der Waals surface area contributed by atoms with Gasteiger partial charge in [0.25, 0.3) is 15.9 Å². The molecule has 0 spiro atoms. The van der Waals surface area contributed by atoms with E-state index in [-0.39, 0.29) is 28.7 Å². The number of carbonyl (C=O) groups excluding carboxylic acids is 1. The lowest BCUT2D eigenvalue weighted by Crippen LogP contribution is -2.36. The van der Waals surface area contributed by atoms with E-state index >= 15 is 0 Å². The van der Waals surface area contributed by atoms with Crippen molar-refractivity contribution >= 4 is 21.9 Å². The van der Waals surface area contributed by atoms with Crippen LogP contribution < -0.4 is 0 Å². The molecule has 1 N–H and O–H groups in total. The van der Waals surface area contributed by atoms with E-state index in [0.29, 0.717) is 13.0 Å². The first-order valence-corrected chi connectivity index (χ1v) is 7.91. The Bertz CT molecular complexity index is 720. The number of ether oxygens (including phenoxy) is 1. The van der Waals surface area contributed by atoms with E-state index in [9.17, 15) is 18.0 Å². The van der Waals surface area contributed by atoms with Gasteiger partial charge >= 0.3 is 5.97 Å². The fourth-order valence-electron chi connectivity index (χ4n) is 2.56. The minimum atomic E-state index is -4.00. The van der Waals surface area contributed by atoms with Crippen molar-refractivity contribution < 1.29 is 27.9 Å². The smallest absolute Gasteiger partial charge is 0.335 e. The summed E-state index contributed by atoms with van der Waals surface area (Å²) < 4.78 is 31.0.